The predicted octanol–water partition coefficient (Wildman–Crippen LogP) is 3.93. The normalized spacial score (nSPS) is 28.3. The molecule has 0 aliphatic carbocycles. The van der Waals surface area contributed by atoms with Crippen LogP contribution in [0, 0.1) is 5.92 Å². The standard InChI is InChI=1S/C17H17NO/c1-2-6-12(7-3-1)16-14-10-11-19-17(14)13-8-4-5-9-15(13)18-16/h1-9,14,16-18H,10-11H2/t14-,16-,17+/m1/s1. The van der Waals surface area contributed by atoms with Gasteiger partial charge in [0.1, 0.15) is 0 Å². The van der Waals surface area contributed by atoms with Gasteiger partial charge in [0, 0.05) is 23.8 Å². The SMILES string of the molecule is c1ccc([C@H]2Nc3ccccc3[C@@H]3OCC[C@H]23)cc1. The summed E-state index contributed by atoms with van der Waals surface area (Å²) in [7, 11) is 0. The highest BCUT2D eigenvalue weighted by atomic mass is 16.5. The molecule has 1 N–H and O–H groups in total. The Kier molecular flexibility index (Phi) is 2.56. The lowest BCUT2D eigenvalue weighted by atomic mass is 9.81. The molecule has 1 saturated heterocycles. The van der Waals surface area contributed by atoms with Gasteiger partial charge in [-0.05, 0) is 18.1 Å². The summed E-state index contributed by atoms with van der Waals surface area (Å²) in [5.41, 5.74) is 3.90. The summed E-state index contributed by atoms with van der Waals surface area (Å²) in [6.45, 7) is 0.870. The maximum atomic E-state index is 6.00. The van der Waals surface area contributed by atoms with Gasteiger partial charge in [-0.25, -0.2) is 0 Å². The molecule has 96 valence electrons. The van der Waals surface area contributed by atoms with Crippen molar-refractivity contribution in [3.05, 3.63) is 65.7 Å². The molecule has 1 fully saturated rings. The Morgan fingerprint density at radius 2 is 1.74 bits per heavy atom. The van der Waals surface area contributed by atoms with Gasteiger partial charge in [-0.1, -0.05) is 48.5 Å². The molecule has 2 nitrogen and oxygen atoms in total. The molecule has 2 aromatic carbocycles. The van der Waals surface area contributed by atoms with E-state index < -0.39 is 0 Å². The number of hydrogen-bond acceptors (Lipinski definition) is 2. The minimum atomic E-state index is 0.252. The lowest BCUT2D eigenvalue weighted by molar-refractivity contribution is 0.0829. The molecule has 2 aromatic rings. The van der Waals surface area contributed by atoms with Gasteiger partial charge in [-0.3, -0.25) is 0 Å². The third kappa shape index (κ3) is 1.75. The van der Waals surface area contributed by atoms with E-state index in [-0.39, 0.29) is 6.10 Å². The van der Waals surface area contributed by atoms with Crippen LogP contribution in [-0.4, -0.2) is 6.61 Å². The van der Waals surface area contributed by atoms with Crippen molar-refractivity contribution in [3.63, 3.8) is 0 Å². The van der Waals surface area contributed by atoms with Gasteiger partial charge < -0.3 is 10.1 Å². The summed E-state index contributed by atoms with van der Waals surface area (Å²) in [4.78, 5) is 0. The highest BCUT2D eigenvalue weighted by Crippen LogP contribution is 2.49. The van der Waals surface area contributed by atoms with Crippen molar-refractivity contribution >= 4 is 5.69 Å². The fourth-order valence-corrected chi connectivity index (χ4v) is 3.41. The van der Waals surface area contributed by atoms with Crippen LogP contribution in [0.1, 0.15) is 29.7 Å². The summed E-state index contributed by atoms with van der Waals surface area (Å²) in [5.74, 6) is 0.539. The van der Waals surface area contributed by atoms with Crippen molar-refractivity contribution in [2.75, 3.05) is 11.9 Å². The Morgan fingerprint density at radius 3 is 2.63 bits per heavy atom. The van der Waals surface area contributed by atoms with Crippen molar-refractivity contribution < 1.29 is 4.74 Å². The smallest absolute Gasteiger partial charge is 0.0896 e. The zero-order chi connectivity index (χ0) is 12.7. The summed E-state index contributed by atoms with van der Waals surface area (Å²) in [6.07, 6.45) is 1.38. The van der Waals surface area contributed by atoms with E-state index in [1.54, 1.807) is 0 Å². The van der Waals surface area contributed by atoms with Crippen LogP contribution in [0.5, 0.6) is 0 Å². The summed E-state index contributed by atoms with van der Waals surface area (Å²) in [6, 6.07) is 19.6. The quantitative estimate of drug-likeness (QED) is 0.829. The third-order valence-corrected chi connectivity index (χ3v) is 4.30. The van der Waals surface area contributed by atoms with Gasteiger partial charge in [-0.15, -0.1) is 0 Å². The van der Waals surface area contributed by atoms with Crippen LogP contribution >= 0.6 is 0 Å². The zero-order valence-corrected chi connectivity index (χ0v) is 10.8. The van der Waals surface area contributed by atoms with Crippen molar-refractivity contribution in [3.8, 4) is 0 Å². The van der Waals surface area contributed by atoms with Gasteiger partial charge >= 0.3 is 0 Å². The number of ether oxygens (including phenoxy) is 1. The molecule has 0 unspecified atom stereocenters. The second kappa shape index (κ2) is 4.39. The number of nitrogens with one attached hydrogen (secondary N) is 1. The summed E-state index contributed by atoms with van der Waals surface area (Å²) < 4.78 is 6.00. The van der Waals surface area contributed by atoms with E-state index >= 15 is 0 Å². The summed E-state index contributed by atoms with van der Waals surface area (Å²) in [5, 5.41) is 3.70. The Bertz CT molecular complexity index is 581. The number of para-hydroxylation sites is 1. The Labute approximate surface area is 113 Å². The summed E-state index contributed by atoms with van der Waals surface area (Å²) >= 11 is 0. The van der Waals surface area contributed by atoms with E-state index in [1.807, 2.05) is 0 Å². The first-order valence-corrected chi connectivity index (χ1v) is 6.95. The number of hydrogen-bond donors (Lipinski definition) is 1. The van der Waals surface area contributed by atoms with Crippen LogP contribution < -0.4 is 5.32 Å². The van der Waals surface area contributed by atoms with Gasteiger partial charge in [0.25, 0.3) is 0 Å². The first-order valence-electron chi connectivity index (χ1n) is 6.95. The average molecular weight is 251 g/mol. The molecular weight excluding hydrogens is 234 g/mol. The fraction of sp³-hybridized carbons (Fsp3) is 0.294. The molecule has 0 saturated carbocycles. The maximum Gasteiger partial charge on any atom is 0.0896 e. The maximum absolute atomic E-state index is 6.00. The van der Waals surface area contributed by atoms with E-state index in [4.69, 9.17) is 4.74 Å². The highest BCUT2D eigenvalue weighted by molar-refractivity contribution is 5.57. The monoisotopic (exact) mass is 251 g/mol. The van der Waals surface area contributed by atoms with Crippen LogP contribution in [0.2, 0.25) is 0 Å². The van der Waals surface area contributed by atoms with Crippen molar-refractivity contribution in [2.24, 2.45) is 5.92 Å². The van der Waals surface area contributed by atoms with E-state index in [2.05, 4.69) is 59.9 Å². The molecule has 0 amide bonds. The Morgan fingerprint density at radius 1 is 0.947 bits per heavy atom. The number of fused-ring (bicyclic) bond motifs is 3. The van der Waals surface area contributed by atoms with E-state index in [1.165, 1.54) is 16.8 Å². The van der Waals surface area contributed by atoms with Crippen molar-refractivity contribution in [1.82, 2.24) is 0 Å². The van der Waals surface area contributed by atoms with Gasteiger partial charge in [-0.2, -0.15) is 0 Å². The van der Waals surface area contributed by atoms with E-state index in [9.17, 15) is 0 Å². The first kappa shape index (κ1) is 11.1. The molecule has 2 heterocycles. The molecule has 0 bridgehead atoms. The largest absolute Gasteiger partial charge is 0.378 e. The highest BCUT2D eigenvalue weighted by Gasteiger charge is 2.41. The first-order chi connectivity index (χ1) is 9.43. The molecule has 2 aliphatic rings. The molecule has 2 heteroatoms. The van der Waals surface area contributed by atoms with Crippen molar-refractivity contribution in [1.29, 1.82) is 0 Å². The van der Waals surface area contributed by atoms with Crippen LogP contribution in [-0.2, 0) is 4.74 Å². The molecule has 0 aromatic heterocycles. The minimum absolute atomic E-state index is 0.252. The number of benzene rings is 2. The lowest BCUT2D eigenvalue weighted by Crippen LogP contribution is -2.29. The number of anilines is 1. The van der Waals surface area contributed by atoms with E-state index in [0.717, 1.165) is 13.0 Å². The molecule has 4 rings (SSSR count). The second-order valence-electron chi connectivity index (χ2n) is 5.36. The topological polar surface area (TPSA) is 21.3 Å². The van der Waals surface area contributed by atoms with Crippen LogP contribution in [0.25, 0.3) is 0 Å². The van der Waals surface area contributed by atoms with Gasteiger partial charge in [0.2, 0.25) is 0 Å². The third-order valence-electron chi connectivity index (χ3n) is 4.30. The predicted molar refractivity (Wildman–Crippen MR) is 76.0 cm³/mol. The van der Waals surface area contributed by atoms with Crippen LogP contribution in [0.3, 0.4) is 0 Å². The molecule has 2 aliphatic heterocycles. The minimum Gasteiger partial charge on any atom is -0.378 e. The molecule has 3 atom stereocenters. The molecule has 0 spiro atoms. The lowest BCUT2D eigenvalue weighted by Gasteiger charge is -2.36. The Hall–Kier alpha value is -1.80. The molecule has 0 radical (unpaired) electrons. The fourth-order valence-electron chi connectivity index (χ4n) is 3.41. The van der Waals surface area contributed by atoms with Gasteiger partial charge in [0.05, 0.1) is 12.1 Å². The number of rotatable bonds is 1. The van der Waals surface area contributed by atoms with Crippen molar-refractivity contribution in [2.45, 2.75) is 18.6 Å². The van der Waals surface area contributed by atoms with Crippen LogP contribution in [0.15, 0.2) is 54.6 Å². The average Bonchev–Trinajstić information content (AvgIpc) is 2.97. The van der Waals surface area contributed by atoms with E-state index in [0.29, 0.717) is 12.0 Å². The van der Waals surface area contributed by atoms with Crippen LogP contribution in [0.4, 0.5) is 5.69 Å². The second-order valence-corrected chi connectivity index (χ2v) is 5.36. The molecule has 19 heavy (non-hydrogen) atoms. The molecular formula is C17H17NO. The zero-order valence-electron chi connectivity index (χ0n) is 10.8. The Balaban J connectivity index is 1.79. The van der Waals surface area contributed by atoms with Gasteiger partial charge in [0.15, 0.2) is 0 Å².